The number of aliphatic hydroxyl groups is 1. The maximum atomic E-state index is 13.5. The molecule has 1 aromatic carbocycles. The number of ether oxygens (including phenoxy) is 1. The van der Waals surface area contributed by atoms with Crippen LogP contribution in [0.2, 0.25) is 0 Å². The first-order valence-corrected chi connectivity index (χ1v) is 8.22. The molecule has 1 atom stereocenters. The van der Waals surface area contributed by atoms with Crippen molar-refractivity contribution in [2.75, 3.05) is 26.2 Å². The first-order valence-electron chi connectivity index (χ1n) is 8.22. The molecule has 7 heteroatoms. The maximum Gasteiger partial charge on any atom is 0.165 e. The minimum absolute atomic E-state index is 0.210. The Kier molecular flexibility index (Phi) is 4.82. The van der Waals surface area contributed by atoms with Gasteiger partial charge in [-0.25, -0.2) is 9.07 Å². The number of hydrogen-bond acceptors (Lipinski definition) is 5. The lowest BCUT2D eigenvalue weighted by Gasteiger charge is -2.21. The SMILES string of the molecule is CC(C)n1cc([C@@]2(O)CCN(CCOc3ccccc3F)C2)nn1. The third-order valence-electron chi connectivity index (χ3n) is 4.34. The van der Waals surface area contributed by atoms with Crippen LogP contribution in [-0.2, 0) is 5.60 Å². The highest BCUT2D eigenvalue weighted by atomic mass is 19.1. The van der Waals surface area contributed by atoms with Gasteiger partial charge in [0, 0.05) is 25.7 Å². The van der Waals surface area contributed by atoms with Gasteiger partial charge < -0.3 is 9.84 Å². The number of benzene rings is 1. The van der Waals surface area contributed by atoms with Crippen LogP contribution >= 0.6 is 0 Å². The molecule has 6 nitrogen and oxygen atoms in total. The molecule has 130 valence electrons. The summed E-state index contributed by atoms with van der Waals surface area (Å²) in [5.74, 6) is -0.104. The van der Waals surface area contributed by atoms with Crippen molar-refractivity contribution in [3.8, 4) is 5.75 Å². The Balaban J connectivity index is 1.54. The average Bonchev–Trinajstić information content (AvgIpc) is 3.17. The molecule has 0 amide bonds. The molecule has 3 rings (SSSR count). The molecule has 1 fully saturated rings. The van der Waals surface area contributed by atoms with E-state index >= 15 is 0 Å². The van der Waals surface area contributed by atoms with Crippen molar-refractivity contribution in [2.45, 2.75) is 31.9 Å². The summed E-state index contributed by atoms with van der Waals surface area (Å²) in [4.78, 5) is 2.09. The highest BCUT2D eigenvalue weighted by Crippen LogP contribution is 2.30. The summed E-state index contributed by atoms with van der Waals surface area (Å²) in [5, 5.41) is 19.0. The molecule has 24 heavy (non-hydrogen) atoms. The predicted molar refractivity (Wildman–Crippen MR) is 87.3 cm³/mol. The Morgan fingerprint density at radius 2 is 2.17 bits per heavy atom. The van der Waals surface area contributed by atoms with Crippen molar-refractivity contribution in [1.29, 1.82) is 0 Å². The van der Waals surface area contributed by atoms with E-state index in [4.69, 9.17) is 4.74 Å². The second-order valence-corrected chi connectivity index (χ2v) is 6.51. The van der Waals surface area contributed by atoms with Crippen LogP contribution < -0.4 is 4.74 Å². The summed E-state index contributed by atoms with van der Waals surface area (Å²) in [6, 6.07) is 6.57. The highest BCUT2D eigenvalue weighted by molar-refractivity contribution is 5.23. The lowest BCUT2D eigenvalue weighted by molar-refractivity contribution is 0.0402. The number of rotatable bonds is 6. The van der Waals surface area contributed by atoms with E-state index in [1.54, 1.807) is 22.9 Å². The average molecular weight is 334 g/mol. The molecule has 2 aromatic rings. The van der Waals surface area contributed by atoms with E-state index in [0.29, 0.717) is 31.8 Å². The smallest absolute Gasteiger partial charge is 0.165 e. The number of nitrogens with zero attached hydrogens (tertiary/aromatic N) is 4. The summed E-state index contributed by atoms with van der Waals surface area (Å²) in [6.45, 7) is 6.24. The van der Waals surface area contributed by atoms with Crippen molar-refractivity contribution in [2.24, 2.45) is 0 Å². The van der Waals surface area contributed by atoms with Crippen molar-refractivity contribution in [3.05, 3.63) is 42.0 Å². The van der Waals surface area contributed by atoms with Crippen LogP contribution in [0.1, 0.15) is 32.0 Å². The zero-order chi connectivity index (χ0) is 17.2. The van der Waals surface area contributed by atoms with Crippen LogP contribution in [0.5, 0.6) is 5.75 Å². The van der Waals surface area contributed by atoms with E-state index in [1.807, 2.05) is 20.0 Å². The van der Waals surface area contributed by atoms with Gasteiger partial charge in [-0.05, 0) is 32.4 Å². The molecule has 0 bridgehead atoms. The van der Waals surface area contributed by atoms with Gasteiger partial charge in [-0.3, -0.25) is 4.90 Å². The van der Waals surface area contributed by atoms with Gasteiger partial charge in [-0.1, -0.05) is 17.3 Å². The summed E-state index contributed by atoms with van der Waals surface area (Å²) in [5.41, 5.74) is -0.376. The van der Waals surface area contributed by atoms with Crippen LogP contribution in [0, 0.1) is 5.82 Å². The lowest BCUT2D eigenvalue weighted by Crippen LogP contribution is -2.33. The molecule has 0 saturated carbocycles. The van der Waals surface area contributed by atoms with Gasteiger partial charge in [0.1, 0.15) is 17.9 Å². The topological polar surface area (TPSA) is 63.4 Å². The molecular weight excluding hydrogens is 311 g/mol. The Labute approximate surface area is 140 Å². The third kappa shape index (κ3) is 3.57. The quantitative estimate of drug-likeness (QED) is 0.875. The second-order valence-electron chi connectivity index (χ2n) is 6.51. The number of likely N-dealkylation sites (tertiary alicyclic amines) is 1. The van der Waals surface area contributed by atoms with Crippen molar-refractivity contribution >= 4 is 0 Å². The van der Waals surface area contributed by atoms with Gasteiger partial charge in [0.15, 0.2) is 11.6 Å². The lowest BCUT2D eigenvalue weighted by atomic mass is 10.00. The van der Waals surface area contributed by atoms with Gasteiger partial charge in [0.25, 0.3) is 0 Å². The van der Waals surface area contributed by atoms with Crippen LogP contribution in [-0.4, -0.2) is 51.2 Å². The van der Waals surface area contributed by atoms with E-state index in [-0.39, 0.29) is 17.6 Å². The fourth-order valence-corrected chi connectivity index (χ4v) is 2.86. The standard InChI is InChI=1S/C17H23FN4O2/c1-13(2)22-11-16(19-20-22)17(23)7-8-21(12-17)9-10-24-15-6-4-3-5-14(15)18/h3-6,11,13,23H,7-10,12H2,1-2H3/t17-/m1/s1. The van der Waals surface area contributed by atoms with Crippen LogP contribution in [0.4, 0.5) is 4.39 Å². The van der Waals surface area contributed by atoms with Gasteiger partial charge in [0.05, 0.1) is 6.20 Å². The van der Waals surface area contributed by atoms with Gasteiger partial charge >= 0.3 is 0 Å². The molecule has 2 heterocycles. The van der Waals surface area contributed by atoms with E-state index in [1.165, 1.54) is 6.07 Å². The maximum absolute atomic E-state index is 13.5. The molecule has 0 unspecified atom stereocenters. The predicted octanol–water partition coefficient (Wildman–Crippen LogP) is 1.97. The fourth-order valence-electron chi connectivity index (χ4n) is 2.86. The zero-order valence-electron chi connectivity index (χ0n) is 14.0. The number of aromatic nitrogens is 3. The van der Waals surface area contributed by atoms with Gasteiger partial charge in [-0.2, -0.15) is 0 Å². The minimum atomic E-state index is -0.981. The molecule has 1 aliphatic heterocycles. The zero-order valence-corrected chi connectivity index (χ0v) is 14.0. The highest BCUT2D eigenvalue weighted by Gasteiger charge is 2.40. The molecule has 1 aliphatic rings. The minimum Gasteiger partial charge on any atom is -0.489 e. The van der Waals surface area contributed by atoms with Gasteiger partial charge in [0.2, 0.25) is 0 Å². The molecule has 0 aliphatic carbocycles. The summed E-state index contributed by atoms with van der Waals surface area (Å²) < 4.78 is 20.7. The molecule has 0 radical (unpaired) electrons. The summed E-state index contributed by atoms with van der Waals surface area (Å²) in [7, 11) is 0. The monoisotopic (exact) mass is 334 g/mol. The summed E-state index contributed by atoms with van der Waals surface area (Å²) in [6.07, 6.45) is 2.41. The van der Waals surface area contributed by atoms with Crippen LogP contribution in [0.3, 0.4) is 0 Å². The summed E-state index contributed by atoms with van der Waals surface area (Å²) >= 11 is 0. The van der Waals surface area contributed by atoms with Crippen LogP contribution in [0.25, 0.3) is 0 Å². The first kappa shape index (κ1) is 16.9. The number of β-amino-alcohol motifs (C(OH)–C–C–N with tert-alkyl or cyclic N) is 1. The number of hydrogen-bond donors (Lipinski definition) is 1. The third-order valence-corrected chi connectivity index (χ3v) is 4.34. The molecule has 1 saturated heterocycles. The Hall–Kier alpha value is -1.99. The fraction of sp³-hybridized carbons (Fsp3) is 0.529. The number of para-hydroxylation sites is 1. The Morgan fingerprint density at radius 3 is 2.88 bits per heavy atom. The molecule has 1 aromatic heterocycles. The normalized spacial score (nSPS) is 21.5. The Bertz CT molecular complexity index is 691. The van der Waals surface area contributed by atoms with Crippen LogP contribution in [0.15, 0.2) is 30.5 Å². The molecule has 0 spiro atoms. The number of halogens is 1. The van der Waals surface area contributed by atoms with E-state index in [0.717, 1.165) is 6.54 Å². The Morgan fingerprint density at radius 1 is 1.38 bits per heavy atom. The van der Waals surface area contributed by atoms with E-state index in [9.17, 15) is 9.50 Å². The molecular formula is C17H23FN4O2. The largest absolute Gasteiger partial charge is 0.489 e. The molecule has 1 N–H and O–H groups in total. The van der Waals surface area contributed by atoms with Crippen molar-refractivity contribution in [1.82, 2.24) is 19.9 Å². The van der Waals surface area contributed by atoms with E-state index in [2.05, 4.69) is 15.2 Å². The second kappa shape index (κ2) is 6.86. The first-order chi connectivity index (χ1) is 11.5. The van der Waals surface area contributed by atoms with E-state index < -0.39 is 5.60 Å². The van der Waals surface area contributed by atoms with Gasteiger partial charge in [-0.15, -0.1) is 5.10 Å². The van der Waals surface area contributed by atoms with Crippen molar-refractivity contribution in [3.63, 3.8) is 0 Å². The van der Waals surface area contributed by atoms with Crippen molar-refractivity contribution < 1.29 is 14.2 Å².